The van der Waals surface area contributed by atoms with Crippen molar-refractivity contribution < 1.29 is 26.4 Å². The molecule has 0 radical (unpaired) electrons. The van der Waals surface area contributed by atoms with Gasteiger partial charge in [-0.15, -0.1) is 0 Å². The number of nitrogens with zero attached hydrogens (tertiary/aromatic N) is 3. The molecule has 15 heteroatoms. The lowest BCUT2D eigenvalue weighted by Gasteiger charge is -2.28. The lowest BCUT2D eigenvalue weighted by molar-refractivity contribution is -0.138. The summed E-state index contributed by atoms with van der Waals surface area (Å²) in [5, 5.41) is -0.827. The summed E-state index contributed by atoms with van der Waals surface area (Å²) < 4.78 is 68.8. The number of alkyl halides is 3. The highest BCUT2D eigenvalue weighted by atomic mass is 35.5. The lowest BCUT2D eigenvalue weighted by Crippen LogP contribution is -2.42. The molecular weight excluding hydrogens is 608 g/mol. The van der Waals surface area contributed by atoms with Crippen LogP contribution in [0.4, 0.5) is 13.2 Å². The van der Waals surface area contributed by atoms with Gasteiger partial charge in [0.15, 0.2) is 9.84 Å². The van der Waals surface area contributed by atoms with Crippen molar-refractivity contribution in [1.82, 2.24) is 19.4 Å². The van der Waals surface area contributed by atoms with Gasteiger partial charge in [0.1, 0.15) is 0 Å². The Morgan fingerprint density at radius 1 is 1.15 bits per heavy atom. The van der Waals surface area contributed by atoms with Crippen LogP contribution in [-0.2, 0) is 33.9 Å². The van der Waals surface area contributed by atoms with E-state index < -0.39 is 55.8 Å². The number of sulfone groups is 1. The number of halogens is 5. The van der Waals surface area contributed by atoms with Gasteiger partial charge >= 0.3 is 11.9 Å². The van der Waals surface area contributed by atoms with Gasteiger partial charge in [-0.05, 0) is 54.8 Å². The molecule has 9 nitrogen and oxygen atoms in total. The molecule has 0 spiro atoms. The smallest absolute Gasteiger partial charge is 0.347 e. The van der Waals surface area contributed by atoms with E-state index in [1.54, 1.807) is 19.0 Å². The fourth-order valence-electron chi connectivity index (χ4n) is 5.04. The fraction of sp³-hybridized carbons (Fsp3) is 0.423. The zero-order valence-electron chi connectivity index (χ0n) is 22.3. The molecular formula is C26H27Cl2F3N4O5S. The maximum Gasteiger partial charge on any atom is 0.416 e. The van der Waals surface area contributed by atoms with Crippen molar-refractivity contribution in [3.05, 3.63) is 71.8 Å². The molecule has 0 bridgehead atoms. The van der Waals surface area contributed by atoms with Crippen LogP contribution >= 0.6 is 23.2 Å². The van der Waals surface area contributed by atoms with Crippen LogP contribution in [0.1, 0.15) is 36.5 Å². The number of hydrogen-bond acceptors (Lipinski definition) is 6. The molecule has 3 aromatic rings. The molecule has 0 unspecified atom stereocenters. The van der Waals surface area contributed by atoms with Gasteiger partial charge in [0.2, 0.25) is 5.91 Å². The second kappa shape index (κ2) is 11.4. The van der Waals surface area contributed by atoms with E-state index in [9.17, 15) is 36.0 Å². The van der Waals surface area contributed by atoms with Crippen molar-refractivity contribution >= 4 is 49.8 Å². The molecule has 4 rings (SSSR count). The molecule has 222 valence electrons. The van der Waals surface area contributed by atoms with Gasteiger partial charge < -0.3 is 9.88 Å². The maximum atomic E-state index is 14.3. The van der Waals surface area contributed by atoms with E-state index >= 15 is 0 Å². The van der Waals surface area contributed by atoms with Gasteiger partial charge in [-0.1, -0.05) is 30.1 Å². The van der Waals surface area contributed by atoms with Gasteiger partial charge in [-0.3, -0.25) is 19.1 Å². The number of likely N-dealkylation sites (tertiary alicyclic amines) is 1. The zero-order chi connectivity index (χ0) is 30.4. The average molecular weight is 635 g/mol. The number of aromatic amines is 1. The molecule has 0 aliphatic carbocycles. The van der Waals surface area contributed by atoms with E-state index in [1.165, 1.54) is 30.0 Å². The third-order valence-electron chi connectivity index (χ3n) is 7.14. The minimum atomic E-state index is -4.92. The Labute approximate surface area is 243 Å². The van der Waals surface area contributed by atoms with Crippen molar-refractivity contribution in [3.63, 3.8) is 0 Å². The van der Waals surface area contributed by atoms with Crippen LogP contribution in [0.15, 0.2) is 38.8 Å². The minimum Gasteiger partial charge on any atom is -0.347 e. The Kier molecular flexibility index (Phi) is 8.66. The van der Waals surface area contributed by atoms with Crippen LogP contribution in [0.2, 0.25) is 10.0 Å². The molecule has 1 aliphatic heterocycles. The van der Waals surface area contributed by atoms with Crippen LogP contribution in [0.25, 0.3) is 10.9 Å². The lowest BCUT2D eigenvalue weighted by atomic mass is 10.0. The Morgan fingerprint density at radius 3 is 2.44 bits per heavy atom. The van der Waals surface area contributed by atoms with Gasteiger partial charge in [0.05, 0.1) is 44.7 Å². The molecule has 1 atom stereocenters. The summed E-state index contributed by atoms with van der Waals surface area (Å²) in [6.07, 6.45) is -3.86. The number of H-pyrrole nitrogens is 1. The van der Waals surface area contributed by atoms with E-state index in [4.69, 9.17) is 23.2 Å². The number of amides is 1. The summed E-state index contributed by atoms with van der Waals surface area (Å²) in [6, 6.07) is 3.85. The standard InChI is InChI=1S/C26H27Cl2F3N4O5S/c1-4-41(39,40)20-8-7-15(27)10-14(20)12-35-23(36)16-11-18(26(29,30)31)17(21(28)22(16)32-25(35)38)13-34-9-5-6-19(34)24(37)33(2)3/h7-8,10-11,19H,4-6,9,12-13H2,1-3H3,(H,32,38)/t19-/m0/s1. The van der Waals surface area contributed by atoms with Gasteiger partial charge in [0, 0.05) is 25.7 Å². The largest absolute Gasteiger partial charge is 0.416 e. The summed E-state index contributed by atoms with van der Waals surface area (Å²) in [4.78, 5) is 44.3. The Balaban J connectivity index is 1.89. The minimum absolute atomic E-state index is 0.0238. The summed E-state index contributed by atoms with van der Waals surface area (Å²) >= 11 is 12.5. The molecule has 1 fully saturated rings. The molecule has 1 N–H and O–H groups in total. The first kappa shape index (κ1) is 31.1. The van der Waals surface area contributed by atoms with Crippen molar-refractivity contribution in [2.24, 2.45) is 0 Å². The highest BCUT2D eigenvalue weighted by Gasteiger charge is 2.39. The number of likely N-dealkylation sites (N-methyl/N-ethyl adjacent to an activating group) is 1. The number of nitrogens with one attached hydrogen (secondary N) is 1. The van der Waals surface area contributed by atoms with Crippen molar-refractivity contribution in [2.75, 3.05) is 26.4 Å². The van der Waals surface area contributed by atoms with Crippen molar-refractivity contribution in [1.29, 1.82) is 0 Å². The number of benzene rings is 2. The Hall–Kier alpha value is -2.87. The predicted octanol–water partition coefficient (Wildman–Crippen LogP) is 3.91. The summed E-state index contributed by atoms with van der Waals surface area (Å²) in [6.45, 7) is 0.875. The molecule has 1 amide bonds. The molecule has 1 saturated heterocycles. The van der Waals surface area contributed by atoms with E-state index in [2.05, 4.69) is 4.98 Å². The fourth-order valence-corrected chi connectivity index (χ4v) is 6.66. The zero-order valence-corrected chi connectivity index (χ0v) is 24.6. The van der Waals surface area contributed by atoms with Gasteiger partial charge in [-0.25, -0.2) is 13.2 Å². The summed E-state index contributed by atoms with van der Waals surface area (Å²) in [5.74, 6) is -0.523. The van der Waals surface area contributed by atoms with E-state index in [0.717, 1.165) is 0 Å². The van der Waals surface area contributed by atoms with Gasteiger partial charge in [0.25, 0.3) is 5.56 Å². The highest BCUT2D eigenvalue weighted by Crippen LogP contribution is 2.39. The third kappa shape index (κ3) is 6.04. The molecule has 2 heterocycles. The Bertz CT molecular complexity index is 1750. The monoisotopic (exact) mass is 634 g/mol. The van der Waals surface area contributed by atoms with Crippen LogP contribution in [-0.4, -0.2) is 66.1 Å². The molecule has 0 saturated carbocycles. The Morgan fingerprint density at radius 2 is 1.83 bits per heavy atom. The molecule has 1 aliphatic rings. The quantitative estimate of drug-likeness (QED) is 0.422. The summed E-state index contributed by atoms with van der Waals surface area (Å²) in [5.41, 5.74) is -3.91. The molecule has 1 aromatic heterocycles. The SMILES string of the molecule is CCS(=O)(=O)c1ccc(Cl)cc1Cn1c(=O)[nH]c2c(Cl)c(CN3CCC[C@H]3C(=O)N(C)C)c(C(F)(F)F)cc2c1=O. The van der Waals surface area contributed by atoms with Gasteiger partial charge in [-0.2, -0.15) is 13.2 Å². The van der Waals surface area contributed by atoms with Crippen LogP contribution in [0.3, 0.4) is 0 Å². The number of aromatic nitrogens is 2. The topological polar surface area (TPSA) is 113 Å². The van der Waals surface area contributed by atoms with E-state index in [0.29, 0.717) is 30.0 Å². The van der Waals surface area contributed by atoms with E-state index in [1.807, 2.05) is 0 Å². The first-order chi connectivity index (χ1) is 19.1. The first-order valence-corrected chi connectivity index (χ1v) is 15.0. The second-order valence-electron chi connectivity index (χ2n) is 9.98. The van der Waals surface area contributed by atoms with Crippen molar-refractivity contribution in [2.45, 2.75) is 50.0 Å². The number of hydrogen-bond donors (Lipinski definition) is 1. The second-order valence-corrected chi connectivity index (χ2v) is 13.0. The average Bonchev–Trinajstić information content (AvgIpc) is 3.35. The molecule has 41 heavy (non-hydrogen) atoms. The first-order valence-electron chi connectivity index (χ1n) is 12.6. The number of rotatable bonds is 7. The van der Waals surface area contributed by atoms with Crippen LogP contribution in [0, 0.1) is 0 Å². The van der Waals surface area contributed by atoms with E-state index in [-0.39, 0.29) is 44.8 Å². The number of carbonyl (C=O) groups excluding carboxylic acids is 1. The maximum absolute atomic E-state index is 14.3. The van der Waals surface area contributed by atoms with Crippen LogP contribution < -0.4 is 11.2 Å². The highest BCUT2D eigenvalue weighted by molar-refractivity contribution is 7.91. The summed E-state index contributed by atoms with van der Waals surface area (Å²) in [7, 11) is -0.671. The van der Waals surface area contributed by atoms with Crippen molar-refractivity contribution in [3.8, 4) is 0 Å². The number of fused-ring (bicyclic) bond motifs is 1. The van der Waals surface area contributed by atoms with Crippen LogP contribution in [0.5, 0.6) is 0 Å². The third-order valence-corrected chi connectivity index (χ3v) is 9.62. The predicted molar refractivity (Wildman–Crippen MR) is 149 cm³/mol. The molecule has 2 aromatic carbocycles. The number of carbonyl (C=O) groups is 1. The normalized spacial score (nSPS) is 16.4.